The Kier molecular flexibility index (Phi) is 6.29. The van der Waals surface area contributed by atoms with Crippen LogP contribution in [0.25, 0.3) is 0 Å². The topological polar surface area (TPSA) is 44.7 Å². The summed E-state index contributed by atoms with van der Waals surface area (Å²) in [7, 11) is 0. The van der Waals surface area contributed by atoms with Crippen molar-refractivity contribution in [3.8, 4) is 5.75 Å². The van der Waals surface area contributed by atoms with Crippen molar-refractivity contribution in [3.05, 3.63) is 29.8 Å². The zero-order chi connectivity index (χ0) is 18.7. The van der Waals surface area contributed by atoms with Gasteiger partial charge in [-0.3, -0.25) is 4.90 Å². The Balaban J connectivity index is 2.43. The van der Waals surface area contributed by atoms with E-state index in [9.17, 15) is 22.7 Å². The Bertz CT molecular complexity index is 563. The molecule has 1 aliphatic rings. The number of nitrogens with zero attached hydrogens (tertiary/aromatic N) is 1. The minimum absolute atomic E-state index is 0.193. The summed E-state index contributed by atoms with van der Waals surface area (Å²) in [6, 6.07) is 5.49. The van der Waals surface area contributed by atoms with Crippen LogP contribution in [0, 0.1) is 5.41 Å². The lowest BCUT2D eigenvalue weighted by atomic mass is 9.79. The molecule has 142 valence electrons. The van der Waals surface area contributed by atoms with E-state index in [-0.39, 0.29) is 12.4 Å². The number of halogens is 4. The van der Waals surface area contributed by atoms with E-state index in [1.807, 2.05) is 13.8 Å². The molecule has 0 saturated carbocycles. The SMILES string of the molecule is CC(C)(CO)[C@H](c1ccccc1OC(F)(F)C(F)F)N1CCNCC1. The molecule has 0 bridgehead atoms. The number of aliphatic hydroxyl groups excluding tert-OH is 1. The summed E-state index contributed by atoms with van der Waals surface area (Å²) in [5.41, 5.74) is -0.319. The van der Waals surface area contributed by atoms with E-state index < -0.39 is 24.0 Å². The van der Waals surface area contributed by atoms with Gasteiger partial charge < -0.3 is 15.2 Å². The molecule has 1 saturated heterocycles. The summed E-state index contributed by atoms with van der Waals surface area (Å²) >= 11 is 0. The maximum absolute atomic E-state index is 13.5. The van der Waals surface area contributed by atoms with Gasteiger partial charge in [-0.15, -0.1) is 0 Å². The van der Waals surface area contributed by atoms with Crippen LogP contribution in [0.3, 0.4) is 0 Å². The number of hydrogen-bond donors (Lipinski definition) is 2. The van der Waals surface area contributed by atoms with E-state index in [2.05, 4.69) is 15.0 Å². The van der Waals surface area contributed by atoms with Crippen LogP contribution < -0.4 is 10.1 Å². The first-order valence-corrected chi connectivity index (χ1v) is 8.18. The van der Waals surface area contributed by atoms with Gasteiger partial charge in [0.1, 0.15) is 5.75 Å². The first-order valence-electron chi connectivity index (χ1n) is 8.18. The van der Waals surface area contributed by atoms with Crippen molar-refractivity contribution in [2.75, 3.05) is 32.8 Å². The molecule has 8 heteroatoms. The molecule has 4 nitrogen and oxygen atoms in total. The summed E-state index contributed by atoms with van der Waals surface area (Å²) in [4.78, 5) is 2.05. The number of ether oxygens (including phenoxy) is 1. The minimum atomic E-state index is -4.58. The molecule has 0 aromatic heterocycles. The van der Waals surface area contributed by atoms with Crippen LogP contribution in [-0.2, 0) is 0 Å². The molecule has 2 rings (SSSR count). The zero-order valence-electron chi connectivity index (χ0n) is 14.3. The highest BCUT2D eigenvalue weighted by Crippen LogP contribution is 2.43. The fraction of sp³-hybridized carbons (Fsp3) is 0.647. The van der Waals surface area contributed by atoms with Crippen LogP contribution in [0.5, 0.6) is 5.75 Å². The second-order valence-corrected chi connectivity index (χ2v) is 6.84. The van der Waals surface area contributed by atoms with Gasteiger partial charge in [-0.1, -0.05) is 32.0 Å². The third-order valence-electron chi connectivity index (χ3n) is 4.38. The fourth-order valence-electron chi connectivity index (χ4n) is 3.13. The molecule has 1 heterocycles. The molecule has 0 aliphatic carbocycles. The van der Waals surface area contributed by atoms with E-state index in [4.69, 9.17) is 0 Å². The molecule has 25 heavy (non-hydrogen) atoms. The van der Waals surface area contributed by atoms with Gasteiger partial charge >= 0.3 is 12.5 Å². The van der Waals surface area contributed by atoms with Crippen molar-refractivity contribution in [1.29, 1.82) is 0 Å². The van der Waals surface area contributed by atoms with Gasteiger partial charge in [0.05, 0.1) is 0 Å². The lowest BCUT2D eigenvalue weighted by Gasteiger charge is -2.44. The number of nitrogens with one attached hydrogen (secondary N) is 1. The van der Waals surface area contributed by atoms with Crippen molar-refractivity contribution in [3.63, 3.8) is 0 Å². The minimum Gasteiger partial charge on any atom is -0.428 e. The van der Waals surface area contributed by atoms with Crippen LogP contribution in [0.2, 0.25) is 0 Å². The van der Waals surface area contributed by atoms with Crippen LogP contribution >= 0.6 is 0 Å². The van der Waals surface area contributed by atoms with Gasteiger partial charge in [-0.2, -0.15) is 17.6 Å². The van der Waals surface area contributed by atoms with E-state index in [0.717, 1.165) is 0 Å². The number of benzene rings is 1. The van der Waals surface area contributed by atoms with E-state index in [0.29, 0.717) is 31.7 Å². The summed E-state index contributed by atoms with van der Waals surface area (Å²) in [5, 5.41) is 13.0. The number of rotatable bonds is 7. The maximum Gasteiger partial charge on any atom is 0.461 e. The molecule has 1 aliphatic heterocycles. The number of piperazine rings is 1. The van der Waals surface area contributed by atoms with Crippen molar-refractivity contribution in [2.45, 2.75) is 32.4 Å². The molecule has 2 N–H and O–H groups in total. The normalized spacial score (nSPS) is 18.4. The Morgan fingerprint density at radius 3 is 2.36 bits per heavy atom. The molecular weight excluding hydrogens is 340 g/mol. The van der Waals surface area contributed by atoms with Crippen molar-refractivity contribution in [2.24, 2.45) is 5.41 Å². The molecule has 0 radical (unpaired) electrons. The van der Waals surface area contributed by atoms with Crippen molar-refractivity contribution < 1.29 is 27.4 Å². The lowest BCUT2D eigenvalue weighted by molar-refractivity contribution is -0.253. The third-order valence-corrected chi connectivity index (χ3v) is 4.38. The molecule has 1 fully saturated rings. The van der Waals surface area contributed by atoms with E-state index >= 15 is 0 Å². The van der Waals surface area contributed by atoms with Gasteiger partial charge in [-0.05, 0) is 6.07 Å². The average molecular weight is 364 g/mol. The predicted octanol–water partition coefficient (Wildman–Crippen LogP) is 2.89. The smallest absolute Gasteiger partial charge is 0.428 e. The quantitative estimate of drug-likeness (QED) is 0.731. The second kappa shape index (κ2) is 7.88. The Hall–Kier alpha value is -1.38. The van der Waals surface area contributed by atoms with E-state index in [1.54, 1.807) is 12.1 Å². The Morgan fingerprint density at radius 1 is 1.20 bits per heavy atom. The van der Waals surface area contributed by atoms with Crippen molar-refractivity contribution >= 4 is 0 Å². The molecule has 0 unspecified atom stereocenters. The number of aliphatic hydroxyl groups is 1. The molecule has 0 spiro atoms. The van der Waals surface area contributed by atoms with Gasteiger partial charge in [-0.25, -0.2) is 0 Å². The summed E-state index contributed by atoms with van der Waals surface area (Å²) in [5.74, 6) is -0.294. The van der Waals surface area contributed by atoms with Gasteiger partial charge in [0.25, 0.3) is 0 Å². The van der Waals surface area contributed by atoms with Gasteiger partial charge in [0.2, 0.25) is 0 Å². The van der Waals surface area contributed by atoms with Crippen LogP contribution in [-0.4, -0.2) is 55.3 Å². The monoisotopic (exact) mass is 364 g/mol. The fourth-order valence-corrected chi connectivity index (χ4v) is 3.13. The van der Waals surface area contributed by atoms with Crippen LogP contribution in [0.1, 0.15) is 25.5 Å². The van der Waals surface area contributed by atoms with Crippen LogP contribution in [0.4, 0.5) is 17.6 Å². The first kappa shape index (κ1) is 19.9. The Morgan fingerprint density at radius 2 is 1.80 bits per heavy atom. The summed E-state index contributed by atoms with van der Waals surface area (Å²) in [6.07, 6.45) is -8.50. The predicted molar refractivity (Wildman–Crippen MR) is 86.1 cm³/mol. The standard InChI is InChI=1S/C17H24F4N2O2/c1-16(2,11-24)14(23-9-7-22-8-10-23)12-5-3-4-6-13(12)25-17(20,21)15(18)19/h3-6,14-15,22,24H,7-11H2,1-2H3/t14-/m0/s1. The maximum atomic E-state index is 13.5. The summed E-state index contributed by atoms with van der Waals surface area (Å²) < 4.78 is 56.4. The number of para-hydroxylation sites is 1. The second-order valence-electron chi connectivity index (χ2n) is 6.84. The summed E-state index contributed by atoms with van der Waals surface area (Å²) in [6.45, 7) is 6.15. The lowest BCUT2D eigenvalue weighted by Crippen LogP contribution is -2.49. The van der Waals surface area contributed by atoms with Crippen LogP contribution in [0.15, 0.2) is 24.3 Å². The average Bonchev–Trinajstić information content (AvgIpc) is 2.57. The molecule has 1 aromatic rings. The number of alkyl halides is 4. The molecular formula is C17H24F4N2O2. The third kappa shape index (κ3) is 4.62. The molecule has 1 atom stereocenters. The largest absolute Gasteiger partial charge is 0.461 e. The van der Waals surface area contributed by atoms with E-state index in [1.165, 1.54) is 12.1 Å². The Labute approximate surface area is 144 Å². The first-order chi connectivity index (χ1) is 11.7. The number of hydrogen-bond acceptors (Lipinski definition) is 4. The van der Waals surface area contributed by atoms with Gasteiger partial charge in [0.15, 0.2) is 0 Å². The van der Waals surface area contributed by atoms with Crippen molar-refractivity contribution in [1.82, 2.24) is 10.2 Å². The highest BCUT2D eigenvalue weighted by Gasteiger charge is 2.45. The zero-order valence-corrected chi connectivity index (χ0v) is 14.3. The molecule has 0 amide bonds. The highest BCUT2D eigenvalue weighted by molar-refractivity contribution is 5.37. The highest BCUT2D eigenvalue weighted by atomic mass is 19.3. The van der Waals surface area contributed by atoms with Gasteiger partial charge in [0, 0.05) is 49.8 Å². The molecule has 1 aromatic carbocycles.